The predicted octanol–water partition coefficient (Wildman–Crippen LogP) is 3.67. The lowest BCUT2D eigenvalue weighted by atomic mass is 9.95. The molecule has 5 heteroatoms. The van der Waals surface area contributed by atoms with Gasteiger partial charge in [0.1, 0.15) is 5.82 Å². The van der Waals surface area contributed by atoms with Gasteiger partial charge in [0.05, 0.1) is 18.1 Å². The molecule has 0 spiro atoms. The van der Waals surface area contributed by atoms with Crippen molar-refractivity contribution in [3.63, 3.8) is 0 Å². The van der Waals surface area contributed by atoms with Crippen LogP contribution >= 0.6 is 0 Å². The highest BCUT2D eigenvalue weighted by Crippen LogP contribution is 2.21. The monoisotopic (exact) mass is 285 g/mol. The Labute approximate surface area is 123 Å². The molecule has 0 unspecified atom stereocenters. The van der Waals surface area contributed by atoms with Crippen LogP contribution in [0.25, 0.3) is 0 Å². The Morgan fingerprint density at radius 1 is 1.19 bits per heavy atom. The van der Waals surface area contributed by atoms with Crippen molar-refractivity contribution >= 4 is 17.4 Å². The van der Waals surface area contributed by atoms with Gasteiger partial charge in [-0.2, -0.15) is 0 Å². The number of carbonyl (C=O) groups excluding carboxylic acids is 1. The van der Waals surface area contributed by atoms with E-state index in [0.717, 1.165) is 5.69 Å². The second-order valence-corrected chi connectivity index (χ2v) is 5.34. The number of hydrogen-bond acceptors (Lipinski definition) is 4. The van der Waals surface area contributed by atoms with Crippen molar-refractivity contribution in [1.29, 1.82) is 0 Å². The number of nitrogens with one attached hydrogen (secondary N) is 2. The first-order chi connectivity index (χ1) is 10.3. The third-order valence-electron chi connectivity index (χ3n) is 3.73. The van der Waals surface area contributed by atoms with E-state index in [2.05, 4.69) is 15.6 Å². The largest absolute Gasteiger partial charge is 0.459 e. The zero-order valence-corrected chi connectivity index (χ0v) is 11.8. The zero-order valence-electron chi connectivity index (χ0n) is 11.8. The SMILES string of the molecule is O=C(Nc1ccc(NC2CCCCC2)cn1)c1ccco1. The van der Waals surface area contributed by atoms with Crippen LogP contribution in [0.2, 0.25) is 0 Å². The average Bonchev–Trinajstić information content (AvgIpc) is 3.05. The number of carbonyl (C=O) groups is 1. The fourth-order valence-corrected chi connectivity index (χ4v) is 2.62. The summed E-state index contributed by atoms with van der Waals surface area (Å²) in [6, 6.07) is 7.59. The van der Waals surface area contributed by atoms with E-state index in [9.17, 15) is 4.79 Å². The molecule has 2 heterocycles. The van der Waals surface area contributed by atoms with Crippen molar-refractivity contribution < 1.29 is 9.21 Å². The number of aromatic nitrogens is 1. The first kappa shape index (κ1) is 13.7. The van der Waals surface area contributed by atoms with E-state index < -0.39 is 0 Å². The Morgan fingerprint density at radius 3 is 2.71 bits per heavy atom. The smallest absolute Gasteiger partial charge is 0.292 e. The minimum Gasteiger partial charge on any atom is -0.459 e. The average molecular weight is 285 g/mol. The Hall–Kier alpha value is -2.30. The van der Waals surface area contributed by atoms with Gasteiger partial charge in [-0.25, -0.2) is 4.98 Å². The van der Waals surface area contributed by atoms with Crippen molar-refractivity contribution in [3.8, 4) is 0 Å². The summed E-state index contributed by atoms with van der Waals surface area (Å²) < 4.78 is 5.04. The molecule has 1 saturated carbocycles. The fourth-order valence-electron chi connectivity index (χ4n) is 2.62. The molecule has 1 aliphatic carbocycles. The summed E-state index contributed by atoms with van der Waals surface area (Å²) in [6.07, 6.45) is 9.60. The van der Waals surface area contributed by atoms with Crippen molar-refractivity contribution in [2.75, 3.05) is 10.6 Å². The second kappa shape index (κ2) is 6.43. The van der Waals surface area contributed by atoms with Gasteiger partial charge in [0.15, 0.2) is 5.76 Å². The predicted molar refractivity (Wildman–Crippen MR) is 81.4 cm³/mol. The number of amides is 1. The molecule has 21 heavy (non-hydrogen) atoms. The summed E-state index contributed by atoms with van der Waals surface area (Å²) in [5, 5.41) is 6.20. The van der Waals surface area contributed by atoms with Gasteiger partial charge >= 0.3 is 0 Å². The van der Waals surface area contributed by atoms with Crippen LogP contribution in [-0.4, -0.2) is 16.9 Å². The molecule has 0 aromatic carbocycles. The summed E-state index contributed by atoms with van der Waals surface area (Å²) >= 11 is 0. The molecule has 5 nitrogen and oxygen atoms in total. The van der Waals surface area contributed by atoms with Gasteiger partial charge in [0.2, 0.25) is 0 Å². The molecular formula is C16H19N3O2. The molecule has 0 saturated heterocycles. The van der Waals surface area contributed by atoms with Crippen LogP contribution in [0.3, 0.4) is 0 Å². The maximum absolute atomic E-state index is 11.8. The van der Waals surface area contributed by atoms with Crippen LogP contribution in [0.15, 0.2) is 41.1 Å². The van der Waals surface area contributed by atoms with E-state index in [-0.39, 0.29) is 11.7 Å². The van der Waals surface area contributed by atoms with Crippen molar-refractivity contribution in [1.82, 2.24) is 4.98 Å². The molecular weight excluding hydrogens is 266 g/mol. The molecule has 1 fully saturated rings. The first-order valence-corrected chi connectivity index (χ1v) is 7.39. The van der Waals surface area contributed by atoms with E-state index in [1.165, 1.54) is 38.4 Å². The van der Waals surface area contributed by atoms with Crippen molar-refractivity contribution in [2.24, 2.45) is 0 Å². The van der Waals surface area contributed by atoms with Gasteiger partial charge in [-0.15, -0.1) is 0 Å². The van der Waals surface area contributed by atoms with Crippen molar-refractivity contribution in [3.05, 3.63) is 42.5 Å². The van der Waals surface area contributed by atoms with Gasteiger partial charge in [0, 0.05) is 6.04 Å². The number of hydrogen-bond donors (Lipinski definition) is 2. The van der Waals surface area contributed by atoms with E-state index in [4.69, 9.17) is 4.42 Å². The topological polar surface area (TPSA) is 67.2 Å². The minimum absolute atomic E-state index is 0.279. The minimum atomic E-state index is -0.291. The van der Waals surface area contributed by atoms with Crippen LogP contribution in [0.5, 0.6) is 0 Å². The van der Waals surface area contributed by atoms with Gasteiger partial charge in [-0.1, -0.05) is 19.3 Å². The molecule has 2 aromatic heterocycles. The molecule has 0 atom stereocenters. The lowest BCUT2D eigenvalue weighted by Crippen LogP contribution is -2.22. The Bertz CT molecular complexity index is 572. The van der Waals surface area contributed by atoms with Gasteiger partial charge in [0.25, 0.3) is 5.91 Å². The highest BCUT2D eigenvalue weighted by Gasteiger charge is 2.13. The number of furan rings is 1. The highest BCUT2D eigenvalue weighted by molar-refractivity contribution is 6.01. The van der Waals surface area contributed by atoms with E-state index in [1.807, 2.05) is 6.07 Å². The molecule has 2 N–H and O–H groups in total. The molecule has 110 valence electrons. The van der Waals surface area contributed by atoms with E-state index in [1.54, 1.807) is 24.4 Å². The molecule has 2 aromatic rings. The molecule has 3 rings (SSSR count). The maximum atomic E-state index is 11.8. The fraction of sp³-hybridized carbons (Fsp3) is 0.375. The third-order valence-corrected chi connectivity index (χ3v) is 3.73. The van der Waals surface area contributed by atoms with Gasteiger partial charge in [-0.05, 0) is 37.1 Å². The maximum Gasteiger partial charge on any atom is 0.292 e. The van der Waals surface area contributed by atoms with E-state index >= 15 is 0 Å². The summed E-state index contributed by atoms with van der Waals surface area (Å²) in [7, 11) is 0. The molecule has 0 radical (unpaired) electrons. The Kier molecular flexibility index (Phi) is 4.19. The normalized spacial score (nSPS) is 15.6. The van der Waals surface area contributed by atoms with Crippen LogP contribution in [-0.2, 0) is 0 Å². The summed E-state index contributed by atoms with van der Waals surface area (Å²) in [6.45, 7) is 0. The summed E-state index contributed by atoms with van der Waals surface area (Å²) in [4.78, 5) is 16.1. The quantitative estimate of drug-likeness (QED) is 0.899. The van der Waals surface area contributed by atoms with Crippen LogP contribution in [0, 0.1) is 0 Å². The van der Waals surface area contributed by atoms with Crippen LogP contribution in [0.4, 0.5) is 11.5 Å². The van der Waals surface area contributed by atoms with Gasteiger partial charge < -0.3 is 15.1 Å². The molecule has 1 aliphatic rings. The number of anilines is 2. The lowest BCUT2D eigenvalue weighted by Gasteiger charge is -2.23. The van der Waals surface area contributed by atoms with E-state index in [0.29, 0.717) is 11.9 Å². The standard InChI is InChI=1S/C16H19N3O2/c20-16(14-7-4-10-21-14)19-15-9-8-13(11-17-15)18-12-5-2-1-3-6-12/h4,7-12,18H,1-3,5-6H2,(H,17,19,20). The third kappa shape index (κ3) is 3.62. The van der Waals surface area contributed by atoms with Crippen LogP contribution < -0.4 is 10.6 Å². The molecule has 1 amide bonds. The summed E-state index contributed by atoms with van der Waals surface area (Å²) in [5.41, 5.74) is 0.998. The van der Waals surface area contributed by atoms with Crippen molar-refractivity contribution in [2.45, 2.75) is 38.1 Å². The Morgan fingerprint density at radius 2 is 2.05 bits per heavy atom. The highest BCUT2D eigenvalue weighted by atomic mass is 16.3. The second-order valence-electron chi connectivity index (χ2n) is 5.34. The number of nitrogens with zero attached hydrogens (tertiary/aromatic N) is 1. The Balaban J connectivity index is 1.57. The van der Waals surface area contributed by atoms with Crippen LogP contribution in [0.1, 0.15) is 42.7 Å². The molecule has 0 bridgehead atoms. The summed E-state index contributed by atoms with van der Waals surface area (Å²) in [5.74, 6) is 0.507. The number of rotatable bonds is 4. The molecule has 0 aliphatic heterocycles. The van der Waals surface area contributed by atoms with Gasteiger partial charge in [-0.3, -0.25) is 4.79 Å². The zero-order chi connectivity index (χ0) is 14.5. The number of pyridine rings is 1. The first-order valence-electron chi connectivity index (χ1n) is 7.39. The lowest BCUT2D eigenvalue weighted by molar-refractivity contribution is 0.0996.